The van der Waals surface area contributed by atoms with E-state index >= 15 is 0 Å². The van der Waals surface area contributed by atoms with Gasteiger partial charge in [-0.2, -0.15) is 4.73 Å². The number of carbonyl (C=O) groups is 2. The largest absolute Gasteiger partial charge is 0.466 e. The van der Waals surface area contributed by atoms with Crippen molar-refractivity contribution in [2.75, 3.05) is 6.61 Å². The second kappa shape index (κ2) is 7.60. The molecule has 1 aromatic heterocycles. The van der Waals surface area contributed by atoms with Crippen molar-refractivity contribution in [3.05, 3.63) is 29.0 Å². The zero-order valence-electron chi connectivity index (χ0n) is 10.1. The molecule has 0 unspecified atom stereocenters. The summed E-state index contributed by atoms with van der Waals surface area (Å²) in [7, 11) is 0. The zero-order valence-corrected chi connectivity index (χ0v) is 10.9. The second-order valence-electron chi connectivity index (χ2n) is 3.49. The number of esters is 1. The Bertz CT molecular complexity index is 469. The lowest BCUT2D eigenvalue weighted by Crippen LogP contribution is -2.20. The van der Waals surface area contributed by atoms with E-state index in [0.29, 0.717) is 17.7 Å². The van der Waals surface area contributed by atoms with E-state index in [0.717, 1.165) is 0 Å². The third-order valence-electron chi connectivity index (χ3n) is 2.06. The Hall–Kier alpha value is -1.69. The Morgan fingerprint density at radius 2 is 2.00 bits per heavy atom. The number of carbonyl (C=O) groups excluding carboxylic acids is 2. The van der Waals surface area contributed by atoms with E-state index in [1.165, 1.54) is 4.73 Å². The number of pyridine rings is 1. The molecule has 6 heteroatoms. The first-order valence-electron chi connectivity index (χ1n) is 5.68. The Morgan fingerprint density at radius 3 is 2.67 bits per heavy atom. The zero-order chi connectivity index (χ0) is 13.4. The summed E-state index contributed by atoms with van der Waals surface area (Å²) in [6, 6.07) is 5.12. The molecule has 0 N–H and O–H groups in total. The lowest BCUT2D eigenvalue weighted by atomic mass is 10.2. The number of hydrogen-bond donors (Lipinski definition) is 0. The molecule has 5 nitrogen and oxygen atoms in total. The highest BCUT2D eigenvalue weighted by molar-refractivity contribution is 7.71. The van der Waals surface area contributed by atoms with Gasteiger partial charge in [0.15, 0.2) is 0 Å². The lowest BCUT2D eigenvalue weighted by Gasteiger charge is -2.06. The fraction of sp³-hybridized carbons (Fsp3) is 0.417. The fourth-order valence-corrected chi connectivity index (χ4v) is 1.43. The molecule has 0 amide bonds. The summed E-state index contributed by atoms with van der Waals surface area (Å²) in [6.07, 6.45) is 2.32. The summed E-state index contributed by atoms with van der Waals surface area (Å²) in [6.45, 7) is 2.09. The average molecular weight is 269 g/mol. The first-order valence-corrected chi connectivity index (χ1v) is 6.08. The van der Waals surface area contributed by atoms with Crippen LogP contribution >= 0.6 is 12.2 Å². The molecule has 1 heterocycles. The summed E-state index contributed by atoms with van der Waals surface area (Å²) < 4.78 is 6.39. The number of aromatic nitrogens is 1. The molecule has 0 saturated carbocycles. The Labute approximate surface area is 110 Å². The van der Waals surface area contributed by atoms with Gasteiger partial charge in [0.25, 0.3) is 0 Å². The highest BCUT2D eigenvalue weighted by Gasteiger charge is 2.07. The van der Waals surface area contributed by atoms with E-state index < -0.39 is 5.97 Å². The van der Waals surface area contributed by atoms with Crippen LogP contribution < -0.4 is 4.84 Å². The molecule has 0 aliphatic carbocycles. The van der Waals surface area contributed by atoms with Gasteiger partial charge in [0.05, 0.1) is 6.61 Å². The Balaban J connectivity index is 2.33. The molecular weight excluding hydrogens is 254 g/mol. The van der Waals surface area contributed by atoms with Crippen LogP contribution in [0.1, 0.15) is 26.2 Å². The molecule has 1 aromatic rings. The van der Waals surface area contributed by atoms with Gasteiger partial charge < -0.3 is 9.57 Å². The standard InChI is InChI=1S/C12H15NO4S/c1-2-16-11(14)7-5-8-12(15)17-13-9-4-3-6-10(13)18/h3-4,6,9H,2,5,7-8H2,1H3. The van der Waals surface area contributed by atoms with Crippen LogP contribution in [0.25, 0.3) is 0 Å². The molecule has 98 valence electrons. The van der Waals surface area contributed by atoms with Crippen LogP contribution in [-0.4, -0.2) is 23.3 Å². The molecule has 1 rings (SSSR count). The maximum atomic E-state index is 11.5. The van der Waals surface area contributed by atoms with Gasteiger partial charge in [-0.05, 0) is 25.5 Å². The van der Waals surface area contributed by atoms with Crippen molar-refractivity contribution in [1.82, 2.24) is 4.73 Å². The van der Waals surface area contributed by atoms with Gasteiger partial charge in [0.2, 0.25) is 0 Å². The van der Waals surface area contributed by atoms with Gasteiger partial charge in [-0.3, -0.25) is 4.79 Å². The van der Waals surface area contributed by atoms with Crippen molar-refractivity contribution in [3.8, 4) is 0 Å². The molecule has 0 aliphatic heterocycles. The summed E-state index contributed by atoms with van der Waals surface area (Å²) >= 11 is 4.97. The van der Waals surface area contributed by atoms with E-state index in [4.69, 9.17) is 21.8 Å². The maximum Gasteiger partial charge on any atom is 0.332 e. The van der Waals surface area contributed by atoms with E-state index in [1.54, 1.807) is 31.3 Å². The van der Waals surface area contributed by atoms with E-state index in [-0.39, 0.29) is 18.8 Å². The minimum atomic E-state index is -0.429. The normalized spacial score (nSPS) is 9.83. The van der Waals surface area contributed by atoms with Gasteiger partial charge in [-0.25, -0.2) is 4.79 Å². The molecule has 0 aromatic carbocycles. The minimum Gasteiger partial charge on any atom is -0.466 e. The monoisotopic (exact) mass is 269 g/mol. The van der Waals surface area contributed by atoms with Crippen molar-refractivity contribution in [3.63, 3.8) is 0 Å². The smallest absolute Gasteiger partial charge is 0.332 e. The molecule has 0 radical (unpaired) electrons. The van der Waals surface area contributed by atoms with E-state index in [9.17, 15) is 9.59 Å². The van der Waals surface area contributed by atoms with Gasteiger partial charge in [-0.1, -0.05) is 18.3 Å². The number of ether oxygens (including phenoxy) is 1. The van der Waals surface area contributed by atoms with Crippen LogP contribution in [0.15, 0.2) is 24.4 Å². The maximum absolute atomic E-state index is 11.5. The average Bonchev–Trinajstić information content (AvgIpc) is 2.32. The van der Waals surface area contributed by atoms with Gasteiger partial charge in [0, 0.05) is 19.0 Å². The quantitative estimate of drug-likeness (QED) is 0.583. The highest BCUT2D eigenvalue weighted by atomic mass is 32.1. The van der Waals surface area contributed by atoms with Crippen molar-refractivity contribution in [1.29, 1.82) is 0 Å². The Morgan fingerprint density at radius 1 is 1.28 bits per heavy atom. The topological polar surface area (TPSA) is 57.5 Å². The van der Waals surface area contributed by atoms with E-state index in [1.807, 2.05) is 0 Å². The van der Waals surface area contributed by atoms with Gasteiger partial charge >= 0.3 is 11.9 Å². The van der Waals surface area contributed by atoms with Crippen molar-refractivity contribution in [2.24, 2.45) is 0 Å². The second-order valence-corrected chi connectivity index (χ2v) is 3.90. The third-order valence-corrected chi connectivity index (χ3v) is 2.37. The molecule has 0 atom stereocenters. The van der Waals surface area contributed by atoms with Crippen molar-refractivity contribution in [2.45, 2.75) is 26.2 Å². The van der Waals surface area contributed by atoms with Crippen LogP contribution in [-0.2, 0) is 14.3 Å². The summed E-state index contributed by atoms with van der Waals surface area (Å²) in [5, 5.41) is 0. The first-order chi connectivity index (χ1) is 8.63. The third kappa shape index (κ3) is 5.09. The SMILES string of the molecule is CCOC(=O)CCCC(=O)On1ccccc1=S. The van der Waals surface area contributed by atoms with Crippen LogP contribution in [0, 0.1) is 4.64 Å². The predicted octanol–water partition coefficient (Wildman–Crippen LogP) is 1.91. The lowest BCUT2D eigenvalue weighted by molar-refractivity contribution is -0.145. The molecule has 0 bridgehead atoms. The van der Waals surface area contributed by atoms with Crippen molar-refractivity contribution >= 4 is 24.2 Å². The molecule has 18 heavy (non-hydrogen) atoms. The predicted molar refractivity (Wildman–Crippen MR) is 67.3 cm³/mol. The Kier molecular flexibility index (Phi) is 6.07. The number of hydrogen-bond acceptors (Lipinski definition) is 5. The fourth-order valence-electron chi connectivity index (χ4n) is 1.25. The molecule has 0 saturated heterocycles. The van der Waals surface area contributed by atoms with E-state index in [2.05, 4.69) is 0 Å². The minimum absolute atomic E-state index is 0.148. The molecule has 0 aliphatic rings. The molecule has 0 fully saturated rings. The first kappa shape index (κ1) is 14.4. The molecule has 0 spiro atoms. The summed E-state index contributed by atoms with van der Waals surface area (Å²) in [4.78, 5) is 27.5. The summed E-state index contributed by atoms with van der Waals surface area (Å²) in [5.41, 5.74) is 0. The molecular formula is C12H15NO4S. The van der Waals surface area contributed by atoms with Crippen LogP contribution in [0.3, 0.4) is 0 Å². The van der Waals surface area contributed by atoms with Crippen LogP contribution in [0.5, 0.6) is 0 Å². The van der Waals surface area contributed by atoms with Gasteiger partial charge in [-0.15, -0.1) is 0 Å². The van der Waals surface area contributed by atoms with Crippen molar-refractivity contribution < 1.29 is 19.2 Å². The number of rotatable bonds is 6. The summed E-state index contributed by atoms with van der Waals surface area (Å²) in [5.74, 6) is -0.733. The van der Waals surface area contributed by atoms with Gasteiger partial charge in [0.1, 0.15) is 4.64 Å². The van der Waals surface area contributed by atoms with Crippen LogP contribution in [0.2, 0.25) is 0 Å². The highest BCUT2D eigenvalue weighted by Crippen LogP contribution is 1.99. The van der Waals surface area contributed by atoms with Crippen LogP contribution in [0.4, 0.5) is 0 Å². The number of nitrogens with zero attached hydrogens (tertiary/aromatic N) is 1.